The number of carbonyl (C=O) groups is 2. The lowest BCUT2D eigenvalue weighted by Crippen LogP contribution is -2.33. The normalized spacial score (nSPS) is 16.2. The van der Waals surface area contributed by atoms with Gasteiger partial charge in [-0.15, -0.1) is 0 Å². The summed E-state index contributed by atoms with van der Waals surface area (Å²) in [5.74, 6) is -0.405. The number of benzene rings is 1. The van der Waals surface area contributed by atoms with Gasteiger partial charge in [0.25, 0.3) is 0 Å². The van der Waals surface area contributed by atoms with Gasteiger partial charge < -0.3 is 4.74 Å². The van der Waals surface area contributed by atoms with Gasteiger partial charge in [0.1, 0.15) is 5.92 Å². The molecule has 1 aromatic rings. The summed E-state index contributed by atoms with van der Waals surface area (Å²) in [6.45, 7) is 10.6. The molecule has 1 aromatic carbocycles. The summed E-state index contributed by atoms with van der Waals surface area (Å²) in [4.78, 5) is 26.1. The fourth-order valence-corrected chi connectivity index (χ4v) is 4.01. The van der Waals surface area contributed by atoms with Crippen molar-refractivity contribution in [3.05, 3.63) is 34.4 Å². The van der Waals surface area contributed by atoms with Gasteiger partial charge in [-0.05, 0) is 63.0 Å². The lowest BCUT2D eigenvalue weighted by molar-refractivity contribution is -0.148. The maximum Gasteiger partial charge on any atom is 0.317 e. The lowest BCUT2D eigenvalue weighted by Gasteiger charge is -2.23. The molecule has 1 fully saturated rings. The first-order chi connectivity index (χ1) is 11.8. The second kappa shape index (κ2) is 8.64. The van der Waals surface area contributed by atoms with Crippen molar-refractivity contribution in [2.24, 2.45) is 17.8 Å². The molecule has 0 radical (unpaired) electrons. The Labute approximate surface area is 152 Å². The van der Waals surface area contributed by atoms with E-state index in [2.05, 4.69) is 13.8 Å². The molecule has 0 spiro atoms. The minimum Gasteiger partial charge on any atom is -0.465 e. The molecule has 1 atom stereocenters. The Hall–Kier alpha value is -1.64. The second-order valence-electron chi connectivity index (χ2n) is 8.01. The van der Waals surface area contributed by atoms with Crippen molar-refractivity contribution in [3.8, 4) is 0 Å². The molecule has 3 heteroatoms. The highest BCUT2D eigenvalue weighted by Gasteiger charge is 2.38. The zero-order chi connectivity index (χ0) is 18.6. The molecule has 0 N–H and O–H groups in total. The molecule has 0 bridgehead atoms. The molecule has 25 heavy (non-hydrogen) atoms. The largest absolute Gasteiger partial charge is 0.465 e. The van der Waals surface area contributed by atoms with E-state index in [0.717, 1.165) is 48.8 Å². The van der Waals surface area contributed by atoms with Gasteiger partial charge in [0.15, 0.2) is 5.78 Å². The molecule has 138 valence electrons. The van der Waals surface area contributed by atoms with Gasteiger partial charge in [-0.25, -0.2) is 0 Å². The molecule has 1 saturated carbocycles. The number of ether oxygens (including phenoxy) is 1. The number of Topliss-reactive ketones (excluding diaryl/α,β-unsaturated/α-hetero) is 1. The predicted octanol–water partition coefficient (Wildman–Crippen LogP) is 5.19. The van der Waals surface area contributed by atoms with Crippen LogP contribution in [0.5, 0.6) is 0 Å². The zero-order valence-corrected chi connectivity index (χ0v) is 16.4. The molecule has 2 rings (SSSR count). The molecule has 0 aliphatic heterocycles. The summed E-state index contributed by atoms with van der Waals surface area (Å²) >= 11 is 0. The quantitative estimate of drug-likeness (QED) is 0.388. The standard InChI is InChI=1S/C22H32O3/c1-14(2)10-11-25-22(24)20(18-8-6-7-9-18)21(23)19-16(4)12-15(3)13-17(19)5/h12-14,18,20H,6-11H2,1-5H3. The Bertz CT molecular complexity index is 601. The van der Waals surface area contributed by atoms with Crippen LogP contribution in [0.2, 0.25) is 0 Å². The van der Waals surface area contributed by atoms with E-state index in [1.807, 2.05) is 32.9 Å². The van der Waals surface area contributed by atoms with Crippen LogP contribution >= 0.6 is 0 Å². The SMILES string of the molecule is Cc1cc(C)c(C(=O)C(C(=O)OCCC(C)C)C2CCCC2)c(C)c1. The molecule has 1 unspecified atom stereocenters. The van der Waals surface area contributed by atoms with E-state index >= 15 is 0 Å². The topological polar surface area (TPSA) is 43.4 Å². The van der Waals surface area contributed by atoms with E-state index < -0.39 is 5.92 Å². The Morgan fingerprint density at radius 3 is 2.16 bits per heavy atom. The first-order valence-corrected chi connectivity index (χ1v) is 9.60. The molecular weight excluding hydrogens is 312 g/mol. The molecule has 0 aromatic heterocycles. The summed E-state index contributed by atoms with van der Waals surface area (Å²) in [5, 5.41) is 0. The second-order valence-corrected chi connectivity index (χ2v) is 8.01. The monoisotopic (exact) mass is 344 g/mol. The Balaban J connectivity index is 2.26. The smallest absolute Gasteiger partial charge is 0.317 e. The van der Waals surface area contributed by atoms with Crippen molar-refractivity contribution in [1.29, 1.82) is 0 Å². The van der Waals surface area contributed by atoms with Crippen molar-refractivity contribution < 1.29 is 14.3 Å². The van der Waals surface area contributed by atoms with Crippen LogP contribution in [0.1, 0.15) is 73.0 Å². The summed E-state index contributed by atoms with van der Waals surface area (Å²) < 4.78 is 5.51. The average molecular weight is 344 g/mol. The van der Waals surface area contributed by atoms with Crippen LogP contribution in [-0.2, 0) is 9.53 Å². The van der Waals surface area contributed by atoms with Crippen molar-refractivity contribution in [3.63, 3.8) is 0 Å². The number of rotatable bonds is 7. The van der Waals surface area contributed by atoms with Gasteiger partial charge >= 0.3 is 5.97 Å². The van der Waals surface area contributed by atoms with Gasteiger partial charge in [0, 0.05) is 5.56 Å². The van der Waals surface area contributed by atoms with Crippen molar-refractivity contribution in [2.45, 2.75) is 66.7 Å². The number of carbonyl (C=O) groups excluding carboxylic acids is 2. The first kappa shape index (κ1) is 19.7. The highest BCUT2D eigenvalue weighted by Crippen LogP contribution is 2.35. The maximum absolute atomic E-state index is 13.3. The third-order valence-electron chi connectivity index (χ3n) is 5.27. The van der Waals surface area contributed by atoms with E-state index in [0.29, 0.717) is 18.1 Å². The van der Waals surface area contributed by atoms with Gasteiger partial charge in [0.05, 0.1) is 6.61 Å². The van der Waals surface area contributed by atoms with E-state index in [4.69, 9.17) is 4.74 Å². The molecule has 1 aliphatic rings. The summed E-state index contributed by atoms with van der Waals surface area (Å²) in [5.41, 5.74) is 3.77. The van der Waals surface area contributed by atoms with Crippen LogP contribution in [0, 0.1) is 38.5 Å². The van der Waals surface area contributed by atoms with Gasteiger partial charge in [0.2, 0.25) is 0 Å². The highest BCUT2D eigenvalue weighted by molar-refractivity contribution is 6.10. The summed E-state index contributed by atoms with van der Waals surface area (Å²) in [7, 11) is 0. The van der Waals surface area contributed by atoms with Crippen LogP contribution in [0.15, 0.2) is 12.1 Å². The number of ketones is 1. The third kappa shape index (κ3) is 4.93. The van der Waals surface area contributed by atoms with Crippen molar-refractivity contribution >= 4 is 11.8 Å². The lowest BCUT2D eigenvalue weighted by atomic mass is 9.81. The number of esters is 1. The van der Waals surface area contributed by atoms with Crippen LogP contribution < -0.4 is 0 Å². The Kier molecular flexibility index (Phi) is 6.80. The van der Waals surface area contributed by atoms with Crippen molar-refractivity contribution in [2.75, 3.05) is 6.61 Å². The van der Waals surface area contributed by atoms with Gasteiger partial charge in [-0.1, -0.05) is 44.4 Å². The molecule has 0 amide bonds. The number of hydrogen-bond acceptors (Lipinski definition) is 3. The van der Waals surface area contributed by atoms with E-state index in [1.165, 1.54) is 0 Å². The average Bonchev–Trinajstić information content (AvgIpc) is 2.99. The highest BCUT2D eigenvalue weighted by atomic mass is 16.5. The van der Waals surface area contributed by atoms with E-state index in [1.54, 1.807) is 0 Å². The van der Waals surface area contributed by atoms with Gasteiger partial charge in [-0.2, -0.15) is 0 Å². The van der Waals surface area contributed by atoms with Crippen LogP contribution in [0.4, 0.5) is 0 Å². The molecular formula is C22H32O3. The fraction of sp³-hybridized carbons (Fsp3) is 0.636. The summed E-state index contributed by atoms with van der Waals surface area (Å²) in [6, 6.07) is 4.05. The minimum absolute atomic E-state index is 0.0450. The van der Waals surface area contributed by atoms with Crippen LogP contribution in [-0.4, -0.2) is 18.4 Å². The number of aryl methyl sites for hydroxylation is 3. The number of hydrogen-bond donors (Lipinski definition) is 0. The van der Waals surface area contributed by atoms with Crippen molar-refractivity contribution in [1.82, 2.24) is 0 Å². The first-order valence-electron chi connectivity index (χ1n) is 9.60. The zero-order valence-electron chi connectivity index (χ0n) is 16.4. The molecule has 0 heterocycles. The van der Waals surface area contributed by atoms with Crippen LogP contribution in [0.3, 0.4) is 0 Å². The maximum atomic E-state index is 13.3. The summed E-state index contributed by atoms with van der Waals surface area (Å²) in [6.07, 6.45) is 4.92. The fourth-order valence-electron chi connectivity index (χ4n) is 4.01. The third-order valence-corrected chi connectivity index (χ3v) is 5.27. The predicted molar refractivity (Wildman–Crippen MR) is 101 cm³/mol. The minimum atomic E-state index is -0.644. The van der Waals surface area contributed by atoms with E-state index in [9.17, 15) is 9.59 Å². The molecule has 3 nitrogen and oxygen atoms in total. The van der Waals surface area contributed by atoms with Gasteiger partial charge in [-0.3, -0.25) is 9.59 Å². The van der Waals surface area contributed by atoms with E-state index in [-0.39, 0.29) is 17.7 Å². The van der Waals surface area contributed by atoms with Crippen LogP contribution in [0.25, 0.3) is 0 Å². The molecule has 1 aliphatic carbocycles. The Morgan fingerprint density at radius 1 is 1.08 bits per heavy atom. The molecule has 0 saturated heterocycles. The Morgan fingerprint density at radius 2 is 1.64 bits per heavy atom.